The molecule has 1 aromatic heterocycles. The summed E-state index contributed by atoms with van der Waals surface area (Å²) in [6.07, 6.45) is 1.13. The molecule has 0 radical (unpaired) electrons. The molecule has 0 amide bonds. The van der Waals surface area contributed by atoms with Gasteiger partial charge < -0.3 is 9.26 Å². The van der Waals surface area contributed by atoms with E-state index in [1.807, 2.05) is 31.2 Å². The molecule has 20 heavy (non-hydrogen) atoms. The van der Waals surface area contributed by atoms with Gasteiger partial charge in [-0.25, -0.2) is 0 Å². The number of fused-ring (bicyclic) bond motifs is 1. The number of benzene rings is 1. The van der Waals surface area contributed by atoms with Gasteiger partial charge in [-0.1, -0.05) is 30.3 Å². The summed E-state index contributed by atoms with van der Waals surface area (Å²) in [7, 11) is 0. The van der Waals surface area contributed by atoms with Crippen LogP contribution in [0.5, 0.6) is 5.75 Å². The lowest BCUT2D eigenvalue weighted by Crippen LogP contribution is -2.05. The minimum atomic E-state index is 0.0370. The molecule has 1 aliphatic rings. The highest BCUT2D eigenvalue weighted by Crippen LogP contribution is 2.36. The Morgan fingerprint density at radius 3 is 3.15 bits per heavy atom. The molecule has 102 valence electrons. The molecule has 2 atom stereocenters. The van der Waals surface area contributed by atoms with Gasteiger partial charge in [0.05, 0.1) is 12.0 Å². The normalized spacial score (nSPS) is 18.1. The first kappa shape index (κ1) is 12.7. The Labute approximate surface area is 117 Å². The van der Waals surface area contributed by atoms with Crippen molar-refractivity contribution in [1.82, 2.24) is 10.1 Å². The van der Waals surface area contributed by atoms with E-state index in [1.54, 1.807) is 0 Å². The number of nitriles is 1. The molecule has 5 heteroatoms. The maximum absolute atomic E-state index is 8.67. The third kappa shape index (κ3) is 2.37. The molecule has 0 spiro atoms. The summed E-state index contributed by atoms with van der Waals surface area (Å²) >= 11 is 0. The Bertz CT molecular complexity index is 645. The first-order valence-electron chi connectivity index (χ1n) is 6.69. The monoisotopic (exact) mass is 269 g/mol. The minimum absolute atomic E-state index is 0.0370. The lowest BCUT2D eigenvalue weighted by Gasteiger charge is -2.02. The molecule has 0 aliphatic carbocycles. The predicted octanol–water partition coefficient (Wildman–Crippen LogP) is 2.69. The van der Waals surface area contributed by atoms with Crippen LogP contribution in [0.4, 0.5) is 0 Å². The van der Waals surface area contributed by atoms with Crippen molar-refractivity contribution in [2.75, 3.05) is 6.61 Å². The zero-order chi connectivity index (χ0) is 13.9. The lowest BCUT2D eigenvalue weighted by atomic mass is 10.0. The molecule has 0 saturated heterocycles. The zero-order valence-electron chi connectivity index (χ0n) is 11.2. The van der Waals surface area contributed by atoms with E-state index in [-0.39, 0.29) is 11.8 Å². The van der Waals surface area contributed by atoms with E-state index in [2.05, 4.69) is 16.2 Å². The number of aromatic nitrogens is 2. The fourth-order valence-electron chi connectivity index (χ4n) is 2.39. The highest BCUT2D eigenvalue weighted by molar-refractivity contribution is 5.42. The van der Waals surface area contributed by atoms with Gasteiger partial charge in [0.2, 0.25) is 5.89 Å². The average molecular weight is 269 g/mol. The molecular weight excluding hydrogens is 254 g/mol. The van der Waals surface area contributed by atoms with Crippen molar-refractivity contribution in [2.24, 2.45) is 5.92 Å². The summed E-state index contributed by atoms with van der Waals surface area (Å²) in [4.78, 5) is 4.45. The summed E-state index contributed by atoms with van der Waals surface area (Å²) in [6, 6.07) is 10.1. The molecular formula is C15H15N3O2. The predicted molar refractivity (Wildman–Crippen MR) is 71.2 cm³/mol. The molecule has 0 N–H and O–H groups in total. The topological polar surface area (TPSA) is 71.9 Å². The van der Waals surface area contributed by atoms with Crippen LogP contribution in [-0.2, 0) is 6.42 Å². The molecule has 3 rings (SSSR count). The molecule has 0 bridgehead atoms. The Morgan fingerprint density at radius 1 is 1.45 bits per heavy atom. The first-order valence-corrected chi connectivity index (χ1v) is 6.69. The van der Waals surface area contributed by atoms with E-state index >= 15 is 0 Å². The van der Waals surface area contributed by atoms with Crippen LogP contribution in [0.15, 0.2) is 28.8 Å². The largest absolute Gasteiger partial charge is 0.492 e. The fraction of sp³-hybridized carbons (Fsp3) is 0.400. The van der Waals surface area contributed by atoms with Crippen LogP contribution in [-0.4, -0.2) is 16.7 Å². The second-order valence-corrected chi connectivity index (χ2v) is 5.12. The number of nitrogens with zero attached hydrogens (tertiary/aromatic N) is 3. The average Bonchev–Trinajstić information content (AvgIpc) is 3.05. The van der Waals surface area contributed by atoms with Crippen molar-refractivity contribution in [1.29, 1.82) is 5.26 Å². The van der Waals surface area contributed by atoms with Gasteiger partial charge in [0, 0.05) is 18.4 Å². The van der Waals surface area contributed by atoms with E-state index < -0.39 is 0 Å². The van der Waals surface area contributed by atoms with Crippen LogP contribution in [0, 0.1) is 17.2 Å². The summed E-state index contributed by atoms with van der Waals surface area (Å²) < 4.78 is 10.9. The van der Waals surface area contributed by atoms with E-state index in [0.717, 1.165) is 11.3 Å². The number of ether oxygens (including phenoxy) is 1. The standard InChI is InChI=1S/C15H15N3O2/c1-10(6-7-16)8-14-17-15(18-20-14)12-9-19-13-5-3-2-4-11(12)13/h2-5,10,12H,6,8-9H2,1H3. The van der Waals surface area contributed by atoms with Gasteiger partial charge >= 0.3 is 0 Å². The SMILES string of the molecule is CC(CC#N)Cc1nc(C2COc3ccccc32)no1. The van der Waals surface area contributed by atoms with E-state index in [1.165, 1.54) is 0 Å². The number of para-hydroxylation sites is 1. The summed E-state index contributed by atoms with van der Waals surface area (Å²) in [5.74, 6) is 2.40. The van der Waals surface area contributed by atoms with Crippen LogP contribution in [0.1, 0.15) is 36.5 Å². The maximum atomic E-state index is 8.67. The third-order valence-electron chi connectivity index (χ3n) is 3.46. The summed E-state index contributed by atoms with van der Waals surface area (Å²) in [5.41, 5.74) is 1.10. The molecule has 0 saturated carbocycles. The van der Waals surface area contributed by atoms with Crippen molar-refractivity contribution in [3.63, 3.8) is 0 Å². The zero-order valence-corrected chi connectivity index (χ0v) is 11.2. The minimum Gasteiger partial charge on any atom is -0.492 e. The summed E-state index contributed by atoms with van der Waals surface area (Å²) in [5, 5.41) is 12.7. The van der Waals surface area contributed by atoms with E-state index in [9.17, 15) is 0 Å². The fourth-order valence-corrected chi connectivity index (χ4v) is 2.39. The molecule has 2 unspecified atom stereocenters. The smallest absolute Gasteiger partial charge is 0.226 e. The van der Waals surface area contributed by atoms with Gasteiger partial charge in [-0.3, -0.25) is 0 Å². The van der Waals surface area contributed by atoms with Gasteiger partial charge in [0.25, 0.3) is 0 Å². The van der Waals surface area contributed by atoms with Gasteiger partial charge in [-0.15, -0.1) is 0 Å². The number of rotatable bonds is 4. The van der Waals surface area contributed by atoms with Gasteiger partial charge in [-0.05, 0) is 12.0 Å². The van der Waals surface area contributed by atoms with Gasteiger partial charge in [0.15, 0.2) is 5.82 Å². The van der Waals surface area contributed by atoms with Crippen LogP contribution >= 0.6 is 0 Å². The molecule has 5 nitrogen and oxygen atoms in total. The molecule has 2 heterocycles. The highest BCUT2D eigenvalue weighted by Gasteiger charge is 2.29. The van der Waals surface area contributed by atoms with Crippen molar-refractivity contribution in [2.45, 2.75) is 25.7 Å². The Kier molecular flexibility index (Phi) is 3.38. The molecule has 1 aliphatic heterocycles. The van der Waals surface area contributed by atoms with Crippen molar-refractivity contribution < 1.29 is 9.26 Å². The third-order valence-corrected chi connectivity index (χ3v) is 3.46. The number of hydrogen-bond acceptors (Lipinski definition) is 5. The highest BCUT2D eigenvalue weighted by atomic mass is 16.5. The van der Waals surface area contributed by atoms with Gasteiger partial charge in [0.1, 0.15) is 12.4 Å². The van der Waals surface area contributed by atoms with E-state index in [0.29, 0.717) is 31.2 Å². The van der Waals surface area contributed by atoms with Crippen LogP contribution in [0.3, 0.4) is 0 Å². The number of hydrogen-bond donors (Lipinski definition) is 0. The second-order valence-electron chi connectivity index (χ2n) is 5.12. The Balaban J connectivity index is 1.77. The van der Waals surface area contributed by atoms with Crippen LogP contribution in [0.2, 0.25) is 0 Å². The van der Waals surface area contributed by atoms with Gasteiger partial charge in [-0.2, -0.15) is 10.2 Å². The molecule has 2 aromatic rings. The maximum Gasteiger partial charge on any atom is 0.226 e. The Morgan fingerprint density at radius 2 is 2.30 bits per heavy atom. The first-order chi connectivity index (χ1) is 9.78. The van der Waals surface area contributed by atoms with Crippen LogP contribution < -0.4 is 4.74 Å². The van der Waals surface area contributed by atoms with Crippen molar-refractivity contribution in [3.05, 3.63) is 41.5 Å². The van der Waals surface area contributed by atoms with Crippen molar-refractivity contribution >= 4 is 0 Å². The lowest BCUT2D eigenvalue weighted by molar-refractivity contribution is 0.329. The second kappa shape index (κ2) is 5.33. The van der Waals surface area contributed by atoms with E-state index in [4.69, 9.17) is 14.5 Å². The summed E-state index contributed by atoms with van der Waals surface area (Å²) in [6.45, 7) is 2.55. The molecule has 0 fully saturated rings. The quantitative estimate of drug-likeness (QED) is 0.853. The van der Waals surface area contributed by atoms with Crippen LogP contribution in [0.25, 0.3) is 0 Å². The molecule has 1 aromatic carbocycles. The Hall–Kier alpha value is -2.35. The van der Waals surface area contributed by atoms with Crippen molar-refractivity contribution in [3.8, 4) is 11.8 Å².